The number of amides is 2. The first-order valence-electron chi connectivity index (χ1n) is 41.7. The summed E-state index contributed by atoms with van der Waals surface area (Å²) in [6, 6.07) is 64.9. The summed E-state index contributed by atoms with van der Waals surface area (Å²) in [5.74, 6) is -5.42. The molecule has 14 aromatic rings. The maximum atomic E-state index is 12.6. The molecule has 6 heterocycles. The SMILES string of the molecule is CCOC(=O)C(=O)c1cccc(Br)c1.CCOC(=O)C(=O)c1cccc(Br)c1.COc1ccccc1-c1[nH]nc2ncc(-c3cccc(C(=O)C(=O)N(C)C)c3)cc12.COc1ccccc1-c1nn(COCC[Si](C)(C)C)c2ncc(-c3cccc(C(=O)C(=O)N(C)C)c3)cc12.COc1ccccc1-c1nn(COCC[Si](C)(C)C)c2ncc(-c3cccc(C(=O)C(=O)O)c3)cc12. The summed E-state index contributed by atoms with van der Waals surface area (Å²) in [6.07, 6.45) is 5.15. The minimum absolute atomic E-state index is 0.108. The molecule has 2 N–H and O–H groups in total. The largest absolute Gasteiger partial charge is 0.496 e. The molecular formula is C99H101Br2N11O18Si2. The van der Waals surface area contributed by atoms with Crippen LogP contribution in [-0.4, -0.2) is 210 Å². The number of nitrogens with one attached hydrogen (secondary N) is 1. The van der Waals surface area contributed by atoms with Gasteiger partial charge >= 0.3 is 17.9 Å². The lowest BCUT2D eigenvalue weighted by atomic mass is 10.0. The van der Waals surface area contributed by atoms with Crippen LogP contribution in [0.15, 0.2) is 240 Å². The van der Waals surface area contributed by atoms with Crippen molar-refractivity contribution in [1.82, 2.24) is 54.5 Å². The number of benzene rings is 8. The van der Waals surface area contributed by atoms with Crippen molar-refractivity contribution in [3.8, 4) is 84.4 Å². The van der Waals surface area contributed by atoms with Gasteiger partial charge in [0.15, 0.2) is 16.9 Å². The molecule has 6 aromatic heterocycles. The first-order chi connectivity index (χ1) is 63.0. The summed E-state index contributed by atoms with van der Waals surface area (Å²) in [5.41, 5.74) is 12.7. The van der Waals surface area contributed by atoms with Gasteiger partial charge in [-0.25, -0.2) is 38.7 Å². The molecule has 0 aliphatic rings. The Morgan fingerprint density at radius 3 is 1.10 bits per heavy atom. The number of carbonyl (C=O) groups excluding carboxylic acids is 9. The van der Waals surface area contributed by atoms with E-state index in [-0.39, 0.29) is 25.5 Å². The van der Waals surface area contributed by atoms with Crippen LogP contribution in [0.3, 0.4) is 0 Å². The second-order valence-corrected chi connectivity index (χ2v) is 45.5. The summed E-state index contributed by atoms with van der Waals surface area (Å²) in [6.45, 7) is 19.5. The molecule has 0 saturated carbocycles. The number of aliphatic carboxylic acids is 1. The Bertz CT molecular complexity index is 6510. The minimum Gasteiger partial charge on any atom is -0.496 e. The van der Waals surface area contributed by atoms with E-state index in [1.807, 2.05) is 109 Å². The number of para-hydroxylation sites is 3. The number of ketones is 5. The second kappa shape index (κ2) is 46.5. The number of halogens is 2. The van der Waals surface area contributed by atoms with Crippen molar-refractivity contribution in [2.24, 2.45) is 0 Å². The van der Waals surface area contributed by atoms with Crippen LogP contribution in [0.2, 0.25) is 51.4 Å². The predicted molar refractivity (Wildman–Crippen MR) is 518 cm³/mol. The van der Waals surface area contributed by atoms with Gasteiger partial charge in [0.25, 0.3) is 29.2 Å². The highest BCUT2D eigenvalue weighted by Gasteiger charge is 2.27. The first kappa shape index (κ1) is 100. The highest BCUT2D eigenvalue weighted by molar-refractivity contribution is 9.10. The van der Waals surface area contributed by atoms with E-state index in [0.717, 1.165) is 98.8 Å². The Labute approximate surface area is 782 Å². The van der Waals surface area contributed by atoms with Crippen molar-refractivity contribution in [1.29, 1.82) is 0 Å². The highest BCUT2D eigenvalue weighted by Crippen LogP contribution is 2.40. The lowest BCUT2D eigenvalue weighted by molar-refractivity contribution is -0.138. The van der Waals surface area contributed by atoms with E-state index >= 15 is 0 Å². The number of rotatable bonds is 31. The van der Waals surface area contributed by atoms with Crippen molar-refractivity contribution in [3.63, 3.8) is 0 Å². The predicted octanol–water partition coefficient (Wildman–Crippen LogP) is 18.7. The average Bonchev–Trinajstić information content (AvgIpc) is 1.61. The Morgan fingerprint density at radius 2 is 0.742 bits per heavy atom. The fourth-order valence-electron chi connectivity index (χ4n) is 13.1. The number of pyridine rings is 3. The lowest BCUT2D eigenvalue weighted by Crippen LogP contribution is -2.29. The Hall–Kier alpha value is -14.0. The van der Waals surface area contributed by atoms with Gasteiger partial charge in [-0.05, 0) is 140 Å². The fourth-order valence-corrected chi connectivity index (χ4v) is 15.4. The number of nitrogens with zero attached hydrogens (tertiary/aromatic N) is 10. The van der Waals surface area contributed by atoms with Gasteiger partial charge in [0.1, 0.15) is 42.1 Å². The topological polar surface area (TPSA) is 365 Å². The van der Waals surface area contributed by atoms with Crippen molar-refractivity contribution >= 4 is 140 Å². The second-order valence-electron chi connectivity index (χ2n) is 32.4. The smallest absolute Gasteiger partial charge is 0.379 e. The summed E-state index contributed by atoms with van der Waals surface area (Å²) in [4.78, 5) is 134. The van der Waals surface area contributed by atoms with Crippen LogP contribution in [0.25, 0.3) is 100 Å². The van der Waals surface area contributed by atoms with Gasteiger partial charge in [0, 0.05) is 162 Å². The number of hydrogen-bond donors (Lipinski definition) is 2. The molecule has 0 unspecified atom stereocenters. The van der Waals surface area contributed by atoms with Crippen LogP contribution < -0.4 is 14.2 Å². The molecule has 29 nitrogen and oxygen atoms in total. The molecule has 0 atom stereocenters. The molecule has 0 bridgehead atoms. The zero-order valence-corrected chi connectivity index (χ0v) is 80.9. The van der Waals surface area contributed by atoms with E-state index in [2.05, 4.69) is 101 Å². The van der Waals surface area contributed by atoms with Crippen molar-refractivity contribution < 1.29 is 86.2 Å². The Balaban J connectivity index is 0.000000180. The number of likely N-dealkylation sites (N-methyl/N-ethyl adjacent to an activating group) is 2. The van der Waals surface area contributed by atoms with Gasteiger partial charge in [-0.3, -0.25) is 38.7 Å². The molecule has 8 aromatic carbocycles. The number of hydrogen-bond acceptors (Lipinski definition) is 23. The Morgan fingerprint density at radius 1 is 0.402 bits per heavy atom. The van der Waals surface area contributed by atoms with Crippen LogP contribution in [-0.2, 0) is 56.4 Å². The van der Waals surface area contributed by atoms with Gasteiger partial charge in [0.2, 0.25) is 11.6 Å². The summed E-state index contributed by atoms with van der Waals surface area (Å²) >= 11 is 6.43. The Kier molecular flexibility index (Phi) is 35.3. The fraction of sp³-hybridized carbons (Fsp3) is 0.232. The molecule has 2 amide bonds. The third kappa shape index (κ3) is 26.4. The number of fused-ring (bicyclic) bond motifs is 3. The quantitative estimate of drug-likeness (QED) is 0.0134. The third-order valence-corrected chi connectivity index (χ3v) is 24.4. The van der Waals surface area contributed by atoms with Gasteiger partial charge < -0.3 is 48.1 Å². The van der Waals surface area contributed by atoms with Gasteiger partial charge in [0.05, 0.1) is 40.2 Å². The molecule has 0 aliphatic heterocycles. The summed E-state index contributed by atoms with van der Waals surface area (Å²) < 4.78 is 42.9. The normalized spacial score (nSPS) is 10.9. The zero-order valence-electron chi connectivity index (χ0n) is 75.7. The van der Waals surface area contributed by atoms with E-state index in [0.29, 0.717) is 81.9 Å². The van der Waals surface area contributed by atoms with E-state index in [4.69, 9.17) is 44.0 Å². The molecule has 0 fully saturated rings. The van der Waals surface area contributed by atoms with E-state index in [1.54, 1.807) is 188 Å². The highest BCUT2D eigenvalue weighted by atomic mass is 79.9. The molecule has 14 rings (SSSR count). The number of methoxy groups -OCH3 is 3. The van der Waals surface area contributed by atoms with Gasteiger partial charge in [-0.15, -0.1) is 0 Å². The molecule has 0 aliphatic carbocycles. The summed E-state index contributed by atoms with van der Waals surface area (Å²) in [7, 11) is 8.68. The van der Waals surface area contributed by atoms with Crippen LogP contribution in [0, 0.1) is 0 Å². The van der Waals surface area contributed by atoms with E-state index in [9.17, 15) is 47.9 Å². The zero-order chi connectivity index (χ0) is 95.7. The number of esters is 2. The van der Waals surface area contributed by atoms with Crippen LogP contribution in [0.5, 0.6) is 17.2 Å². The number of aromatic amines is 1. The molecule has 0 saturated heterocycles. The third-order valence-electron chi connectivity index (χ3n) is 20.0. The van der Waals surface area contributed by atoms with Gasteiger partial charge in [-0.2, -0.15) is 15.3 Å². The molecule has 33 heteroatoms. The van der Waals surface area contributed by atoms with Crippen molar-refractivity contribution in [2.45, 2.75) is 78.7 Å². The molecule has 132 heavy (non-hydrogen) atoms. The number of carboxylic acids is 1. The maximum absolute atomic E-state index is 12.6. The molecule has 0 radical (unpaired) electrons. The van der Waals surface area contributed by atoms with E-state index < -0.39 is 74.8 Å². The van der Waals surface area contributed by atoms with Crippen LogP contribution in [0.1, 0.15) is 65.6 Å². The van der Waals surface area contributed by atoms with Gasteiger partial charge in [-0.1, -0.05) is 186 Å². The van der Waals surface area contributed by atoms with Crippen LogP contribution in [0.4, 0.5) is 0 Å². The standard InChI is InChI=1S/C29H34N4O4Si.C27H29N3O5Si.C23H20N4O3.2C10H9BrO3/c1-32(2)29(35)27(34)21-11-9-10-20(16-21)22-17-24-26(23-12-7-8-13-25(23)36-3)31-33(28(24)30-18-22)19-37-14-15-38(4,5)6;1-34-23-11-6-5-10-21(23)24-22-15-20(18-8-7-9-19(14-18)25(31)27(32)33)16-28-26(22)30(29-24)17-35-12-13-36(2,3)4;1-27(2)23(29)21(28)15-8-6-7-14(11-15)16-12-18-20(25-26-22(18)24-13-16)17-9-4-5-10-19(17)30-3;2*1-2-14-10(13)9(12)7-4-3-5-8(11)6-7/h7-13,16-18H,14-15,19H2,1-6H3;5-11,14-16H,12-13,17H2,1-4H3,(H,32,33);4-13H,1-3H3,(H,24,25,26);2*3-6H,2H2,1H3. The number of carboxylic acid groups (broad SMARTS) is 1. The number of carbonyl (C=O) groups is 10. The number of ether oxygens (including phenoxy) is 7. The monoisotopic (exact) mass is 1950 g/mol. The van der Waals surface area contributed by atoms with Crippen molar-refractivity contribution in [2.75, 3.05) is 75.9 Å². The first-order valence-corrected chi connectivity index (χ1v) is 50.7. The van der Waals surface area contributed by atoms with Crippen LogP contribution >= 0.6 is 31.9 Å². The number of Topliss-reactive ketones (excluding diaryl/α,β-unsaturated/α-hetero) is 5. The number of aromatic nitrogens is 9. The minimum atomic E-state index is -1.49. The summed E-state index contributed by atoms with van der Waals surface area (Å²) in [5, 5.41) is 28.6. The van der Waals surface area contributed by atoms with E-state index in [1.165, 1.54) is 15.9 Å². The molecule has 682 valence electrons. The average molecular weight is 1950 g/mol. The molecule has 0 spiro atoms. The lowest BCUT2D eigenvalue weighted by Gasteiger charge is -2.15. The van der Waals surface area contributed by atoms with Crippen molar-refractivity contribution in [3.05, 3.63) is 268 Å². The maximum Gasteiger partial charge on any atom is 0.379 e. The number of H-pyrrole nitrogens is 1. The molecular weight excluding hydrogens is 1850 g/mol.